The molecule has 0 radical (unpaired) electrons. The maximum Gasteiger partial charge on any atom is 0.143 e. The van der Waals surface area contributed by atoms with Gasteiger partial charge in [-0.05, 0) is 18.2 Å². The number of halogens is 1. The van der Waals surface area contributed by atoms with E-state index in [9.17, 15) is 0 Å². The number of hydrogen-bond donors (Lipinski definition) is 2. The maximum absolute atomic E-state index is 5.83. The summed E-state index contributed by atoms with van der Waals surface area (Å²) in [5.74, 6) is 0.504. The fraction of sp³-hybridized carbons (Fsp3) is 0. The Morgan fingerprint density at radius 3 is 3.00 bits per heavy atom. The number of nitrogens with zero attached hydrogens (tertiary/aromatic N) is 2. The highest BCUT2D eigenvalue weighted by Crippen LogP contribution is 2.29. The van der Waals surface area contributed by atoms with Crippen LogP contribution in [-0.4, -0.2) is 15.0 Å². The zero-order valence-electron chi connectivity index (χ0n) is 7.66. The largest absolute Gasteiger partial charge is 0.383 e. The van der Waals surface area contributed by atoms with Crippen molar-refractivity contribution in [3.63, 3.8) is 0 Å². The maximum atomic E-state index is 5.83. The van der Waals surface area contributed by atoms with Crippen LogP contribution >= 0.6 is 15.9 Å². The van der Waals surface area contributed by atoms with Crippen LogP contribution in [0.3, 0.4) is 0 Å². The first kappa shape index (κ1) is 8.67. The highest BCUT2D eigenvalue weighted by molar-refractivity contribution is 9.10. The van der Waals surface area contributed by atoms with Gasteiger partial charge in [-0.2, -0.15) is 0 Å². The zero-order chi connectivity index (χ0) is 10.4. The minimum Gasteiger partial charge on any atom is -0.383 e. The van der Waals surface area contributed by atoms with Crippen LogP contribution in [0, 0.1) is 0 Å². The average Bonchev–Trinajstić information content (AvgIpc) is 2.57. The van der Waals surface area contributed by atoms with E-state index >= 15 is 0 Å². The van der Waals surface area contributed by atoms with Crippen LogP contribution in [0.5, 0.6) is 0 Å². The van der Waals surface area contributed by atoms with Gasteiger partial charge in [0.1, 0.15) is 17.8 Å². The number of nitrogens with one attached hydrogen (secondary N) is 1. The van der Waals surface area contributed by atoms with Crippen molar-refractivity contribution in [3.05, 3.63) is 29.0 Å². The quantitative estimate of drug-likeness (QED) is 0.654. The predicted molar refractivity (Wildman–Crippen MR) is 63.5 cm³/mol. The summed E-state index contributed by atoms with van der Waals surface area (Å²) in [7, 11) is 0. The highest BCUT2D eigenvalue weighted by atomic mass is 79.9. The second-order valence-corrected chi connectivity index (χ2v) is 4.21. The highest BCUT2D eigenvalue weighted by Gasteiger charge is 2.08. The Morgan fingerprint density at radius 2 is 2.13 bits per heavy atom. The predicted octanol–water partition coefficient (Wildman–Crippen LogP) is 2.46. The fourth-order valence-corrected chi connectivity index (χ4v) is 2.08. The summed E-state index contributed by atoms with van der Waals surface area (Å²) in [6.07, 6.45) is 1.46. The van der Waals surface area contributed by atoms with E-state index in [1.165, 1.54) is 6.33 Å². The van der Waals surface area contributed by atoms with Crippen LogP contribution < -0.4 is 5.73 Å². The van der Waals surface area contributed by atoms with E-state index in [2.05, 4.69) is 30.9 Å². The van der Waals surface area contributed by atoms with Crippen molar-refractivity contribution in [2.45, 2.75) is 0 Å². The van der Waals surface area contributed by atoms with Crippen LogP contribution in [0.4, 0.5) is 5.82 Å². The van der Waals surface area contributed by atoms with Gasteiger partial charge in [-0.25, -0.2) is 9.97 Å². The van der Waals surface area contributed by atoms with Gasteiger partial charge in [-0.1, -0.05) is 15.9 Å². The Bertz CT molecular complexity index is 659. The molecule has 3 aromatic rings. The first-order valence-electron chi connectivity index (χ1n) is 4.43. The number of fused-ring (bicyclic) bond motifs is 3. The Kier molecular flexibility index (Phi) is 1.70. The van der Waals surface area contributed by atoms with Crippen molar-refractivity contribution >= 4 is 43.7 Å². The Morgan fingerprint density at radius 1 is 1.27 bits per heavy atom. The van der Waals surface area contributed by atoms with Crippen molar-refractivity contribution in [2.24, 2.45) is 0 Å². The molecule has 3 N–H and O–H groups in total. The molecule has 0 spiro atoms. The van der Waals surface area contributed by atoms with E-state index < -0.39 is 0 Å². The number of hydrogen-bond acceptors (Lipinski definition) is 3. The molecule has 0 aliphatic carbocycles. The Labute approximate surface area is 93.7 Å². The van der Waals surface area contributed by atoms with E-state index in [1.54, 1.807) is 0 Å². The summed E-state index contributed by atoms with van der Waals surface area (Å²) in [5, 5.41) is 1.92. The fourth-order valence-electron chi connectivity index (χ4n) is 1.72. The summed E-state index contributed by atoms with van der Waals surface area (Å²) in [6.45, 7) is 0. The van der Waals surface area contributed by atoms with Crippen LogP contribution in [0.15, 0.2) is 29.0 Å². The third-order valence-corrected chi connectivity index (χ3v) is 2.87. The standard InChI is InChI=1S/C10H7BrN4/c11-5-1-2-7-6(3-5)8-9(12)13-4-14-10(8)15-7/h1-4H,(H3,12,13,14,15). The number of nitrogens with two attached hydrogens (primary N) is 1. The molecule has 0 saturated heterocycles. The minimum absolute atomic E-state index is 0.504. The second-order valence-electron chi connectivity index (χ2n) is 3.30. The van der Waals surface area contributed by atoms with Crippen LogP contribution in [0.1, 0.15) is 0 Å². The molecule has 3 rings (SSSR count). The van der Waals surface area contributed by atoms with Crippen molar-refractivity contribution in [1.29, 1.82) is 0 Å². The number of H-pyrrole nitrogens is 1. The molecule has 2 aromatic heterocycles. The number of aromatic amines is 1. The lowest BCUT2D eigenvalue weighted by Crippen LogP contribution is -1.91. The average molecular weight is 263 g/mol. The molecule has 0 atom stereocenters. The second kappa shape index (κ2) is 2.93. The lowest BCUT2D eigenvalue weighted by Gasteiger charge is -1.94. The van der Waals surface area contributed by atoms with Crippen molar-refractivity contribution in [3.8, 4) is 0 Å². The molecule has 0 fully saturated rings. The van der Waals surface area contributed by atoms with Gasteiger partial charge in [0.2, 0.25) is 0 Å². The Hall–Kier alpha value is -1.62. The molecule has 15 heavy (non-hydrogen) atoms. The van der Waals surface area contributed by atoms with E-state index in [0.717, 1.165) is 26.4 Å². The summed E-state index contributed by atoms with van der Waals surface area (Å²) in [5.41, 5.74) is 7.62. The molecule has 0 aliphatic heterocycles. The minimum atomic E-state index is 0.504. The summed E-state index contributed by atoms with van der Waals surface area (Å²) in [6, 6.07) is 5.97. The molecular formula is C10H7BrN4. The van der Waals surface area contributed by atoms with Gasteiger partial charge in [-0.15, -0.1) is 0 Å². The van der Waals surface area contributed by atoms with Gasteiger partial charge in [0, 0.05) is 15.4 Å². The lowest BCUT2D eigenvalue weighted by molar-refractivity contribution is 1.21. The number of anilines is 1. The first-order valence-corrected chi connectivity index (χ1v) is 5.22. The monoisotopic (exact) mass is 262 g/mol. The lowest BCUT2D eigenvalue weighted by atomic mass is 10.2. The summed E-state index contributed by atoms with van der Waals surface area (Å²) < 4.78 is 1.01. The third-order valence-electron chi connectivity index (χ3n) is 2.38. The number of nitrogen functional groups attached to an aromatic ring is 1. The molecular weight excluding hydrogens is 256 g/mol. The Balaban J connectivity index is 2.61. The summed E-state index contributed by atoms with van der Waals surface area (Å²) >= 11 is 3.43. The van der Waals surface area contributed by atoms with Crippen LogP contribution in [0.25, 0.3) is 21.9 Å². The van der Waals surface area contributed by atoms with E-state index in [-0.39, 0.29) is 0 Å². The molecule has 2 heterocycles. The molecule has 0 aliphatic rings. The van der Waals surface area contributed by atoms with Gasteiger partial charge < -0.3 is 10.7 Å². The first-order chi connectivity index (χ1) is 7.25. The molecule has 74 valence electrons. The molecule has 0 unspecified atom stereocenters. The van der Waals surface area contributed by atoms with Crippen molar-refractivity contribution in [1.82, 2.24) is 15.0 Å². The third kappa shape index (κ3) is 1.20. The molecule has 4 nitrogen and oxygen atoms in total. The van der Waals surface area contributed by atoms with Gasteiger partial charge in [0.15, 0.2) is 0 Å². The topological polar surface area (TPSA) is 67.6 Å². The number of aromatic nitrogens is 3. The normalized spacial score (nSPS) is 11.3. The smallest absolute Gasteiger partial charge is 0.143 e. The van der Waals surface area contributed by atoms with Gasteiger partial charge in [-0.3, -0.25) is 0 Å². The van der Waals surface area contributed by atoms with Gasteiger partial charge in [0.05, 0.1) is 5.39 Å². The van der Waals surface area contributed by atoms with Gasteiger partial charge >= 0.3 is 0 Å². The molecule has 0 bridgehead atoms. The van der Waals surface area contributed by atoms with Gasteiger partial charge in [0.25, 0.3) is 0 Å². The van der Waals surface area contributed by atoms with E-state index in [1.807, 2.05) is 18.2 Å². The number of benzene rings is 1. The van der Waals surface area contributed by atoms with Crippen LogP contribution in [0.2, 0.25) is 0 Å². The zero-order valence-corrected chi connectivity index (χ0v) is 9.25. The van der Waals surface area contributed by atoms with Crippen molar-refractivity contribution in [2.75, 3.05) is 5.73 Å². The molecule has 5 heteroatoms. The summed E-state index contributed by atoms with van der Waals surface area (Å²) in [4.78, 5) is 11.3. The number of rotatable bonds is 0. The van der Waals surface area contributed by atoms with Crippen molar-refractivity contribution < 1.29 is 0 Å². The van der Waals surface area contributed by atoms with Crippen LogP contribution in [-0.2, 0) is 0 Å². The SMILES string of the molecule is Nc1ncnc2[nH]c3ccc(Br)cc3c12. The van der Waals surface area contributed by atoms with E-state index in [0.29, 0.717) is 5.82 Å². The molecule has 0 saturated carbocycles. The molecule has 1 aromatic carbocycles. The van der Waals surface area contributed by atoms with E-state index in [4.69, 9.17) is 5.73 Å². The molecule has 0 amide bonds.